The number of hydrogen-bond donors (Lipinski definition) is 3. The normalized spacial score (nSPS) is 10.6. The van der Waals surface area contributed by atoms with Gasteiger partial charge in [0.15, 0.2) is 11.6 Å². The number of nitrogens with two attached hydrogens (primary N) is 1. The molecule has 0 atom stereocenters. The Balaban J connectivity index is 1.68. The van der Waals surface area contributed by atoms with E-state index in [1.165, 1.54) is 38.7 Å². The Morgan fingerprint density at radius 3 is 2.18 bits per heavy atom. The van der Waals surface area contributed by atoms with Crippen molar-refractivity contribution in [1.29, 1.82) is 0 Å². The van der Waals surface area contributed by atoms with E-state index in [0.717, 1.165) is 22.3 Å². The van der Waals surface area contributed by atoms with Gasteiger partial charge in [-0.15, -0.1) is 0 Å². The third kappa shape index (κ3) is 4.56. The smallest absolute Gasteiger partial charge is 0.337 e. The van der Waals surface area contributed by atoms with Crippen LogP contribution in [0.25, 0.3) is 10.9 Å². The second-order valence-electron chi connectivity index (χ2n) is 7.34. The number of carbonyl (C=O) groups excluding carboxylic acids is 2. The third-order valence-corrected chi connectivity index (χ3v) is 5.05. The monoisotopic (exact) mass is 458 g/mol. The highest BCUT2D eigenvalue weighted by molar-refractivity contribution is 5.98. The highest BCUT2D eigenvalue weighted by Gasteiger charge is 2.16. The van der Waals surface area contributed by atoms with E-state index < -0.39 is 11.9 Å². The number of esters is 2. The van der Waals surface area contributed by atoms with Gasteiger partial charge in [0.05, 0.1) is 30.9 Å². The Hall–Kier alpha value is -4.73. The molecule has 0 radical (unpaired) electrons. The Kier molecular flexibility index (Phi) is 6.22. The fraction of sp³-hybridized carbons (Fsp3) is 0.125. The molecule has 0 amide bonds. The van der Waals surface area contributed by atoms with Crippen molar-refractivity contribution in [3.63, 3.8) is 0 Å². The lowest BCUT2D eigenvalue weighted by Gasteiger charge is -2.15. The lowest BCUT2D eigenvalue weighted by molar-refractivity contribution is 0.0599. The Morgan fingerprint density at radius 1 is 0.882 bits per heavy atom. The summed E-state index contributed by atoms with van der Waals surface area (Å²) < 4.78 is 9.55. The molecule has 0 aliphatic heterocycles. The summed E-state index contributed by atoms with van der Waals surface area (Å²) in [5.41, 5.74) is 9.84. The summed E-state index contributed by atoms with van der Waals surface area (Å²) in [6, 6.07) is 14.0. The van der Waals surface area contributed by atoms with Crippen molar-refractivity contribution in [1.82, 2.24) is 15.0 Å². The Morgan fingerprint density at radius 2 is 1.53 bits per heavy atom. The van der Waals surface area contributed by atoms with Crippen molar-refractivity contribution in [2.75, 3.05) is 30.6 Å². The highest BCUT2D eigenvalue weighted by atomic mass is 16.5. The van der Waals surface area contributed by atoms with Crippen molar-refractivity contribution >= 4 is 51.5 Å². The average molecular weight is 458 g/mol. The summed E-state index contributed by atoms with van der Waals surface area (Å²) in [6.07, 6.45) is 1.35. The van der Waals surface area contributed by atoms with Crippen LogP contribution in [-0.2, 0) is 9.47 Å². The molecule has 2 heterocycles. The summed E-state index contributed by atoms with van der Waals surface area (Å²) in [5, 5.41) is 7.18. The van der Waals surface area contributed by atoms with Gasteiger partial charge in [-0.1, -0.05) is 6.07 Å². The second-order valence-corrected chi connectivity index (χ2v) is 7.34. The third-order valence-electron chi connectivity index (χ3n) is 5.05. The van der Waals surface area contributed by atoms with Crippen LogP contribution in [0, 0.1) is 6.92 Å². The number of hydrogen-bond acceptors (Lipinski definition) is 10. The minimum absolute atomic E-state index is 0.164. The maximum absolute atomic E-state index is 12.1. The number of fused-ring (bicyclic) bond motifs is 1. The van der Waals surface area contributed by atoms with Gasteiger partial charge < -0.3 is 25.8 Å². The Bertz CT molecular complexity index is 1370. The highest BCUT2D eigenvalue weighted by Crippen LogP contribution is 2.31. The molecule has 0 bridgehead atoms. The summed E-state index contributed by atoms with van der Waals surface area (Å²) >= 11 is 0. The molecule has 10 heteroatoms. The average Bonchev–Trinajstić information content (AvgIpc) is 2.85. The number of ether oxygens (including phenoxy) is 2. The molecule has 4 rings (SSSR count). The molecule has 4 N–H and O–H groups in total. The molecule has 0 spiro atoms. The van der Waals surface area contributed by atoms with Gasteiger partial charge in [-0.3, -0.25) is 4.98 Å². The first kappa shape index (κ1) is 22.5. The van der Waals surface area contributed by atoms with Crippen molar-refractivity contribution in [2.24, 2.45) is 0 Å². The zero-order valence-electron chi connectivity index (χ0n) is 18.7. The van der Waals surface area contributed by atoms with E-state index in [1.54, 1.807) is 0 Å². The van der Waals surface area contributed by atoms with Crippen LogP contribution in [0.15, 0.2) is 54.9 Å². The number of nitrogen functional groups attached to an aromatic ring is 1. The molecule has 2 aromatic heterocycles. The molecule has 4 aromatic rings. The van der Waals surface area contributed by atoms with E-state index in [9.17, 15) is 9.59 Å². The number of nitrogens with zero attached hydrogens (tertiary/aromatic N) is 3. The molecule has 34 heavy (non-hydrogen) atoms. The zero-order chi connectivity index (χ0) is 24.2. The molecule has 0 fully saturated rings. The van der Waals surface area contributed by atoms with Crippen LogP contribution >= 0.6 is 0 Å². The predicted octanol–water partition coefficient (Wildman–Crippen LogP) is 3.98. The van der Waals surface area contributed by atoms with Crippen LogP contribution in [0.3, 0.4) is 0 Å². The first-order valence-corrected chi connectivity index (χ1v) is 10.2. The van der Waals surface area contributed by atoms with Crippen LogP contribution in [0.5, 0.6) is 0 Å². The van der Waals surface area contributed by atoms with Crippen LogP contribution in [0.1, 0.15) is 26.4 Å². The number of aromatic nitrogens is 3. The van der Waals surface area contributed by atoms with Gasteiger partial charge in [0.25, 0.3) is 0 Å². The molecule has 0 unspecified atom stereocenters. The second kappa shape index (κ2) is 9.41. The van der Waals surface area contributed by atoms with Gasteiger partial charge in [-0.2, -0.15) is 0 Å². The lowest BCUT2D eigenvalue weighted by Crippen LogP contribution is -2.09. The van der Waals surface area contributed by atoms with Gasteiger partial charge in [0.2, 0.25) is 0 Å². The zero-order valence-corrected chi connectivity index (χ0v) is 18.7. The minimum atomic E-state index is -0.605. The molecule has 2 aromatic carbocycles. The van der Waals surface area contributed by atoms with Gasteiger partial charge in [-0.05, 0) is 49.4 Å². The van der Waals surface area contributed by atoms with Crippen molar-refractivity contribution < 1.29 is 19.1 Å². The molecule has 0 aliphatic carbocycles. The van der Waals surface area contributed by atoms with Gasteiger partial charge >= 0.3 is 11.9 Å². The lowest BCUT2D eigenvalue weighted by atomic mass is 10.1. The summed E-state index contributed by atoms with van der Waals surface area (Å²) in [5.74, 6) is -0.550. The van der Waals surface area contributed by atoms with Crippen LogP contribution in [0.2, 0.25) is 0 Å². The van der Waals surface area contributed by atoms with E-state index in [2.05, 4.69) is 25.6 Å². The number of carbonyl (C=O) groups is 2. The molecule has 0 aliphatic rings. The quantitative estimate of drug-likeness (QED) is 0.363. The van der Waals surface area contributed by atoms with Crippen molar-refractivity contribution in [2.45, 2.75) is 6.92 Å². The fourth-order valence-corrected chi connectivity index (χ4v) is 3.40. The van der Waals surface area contributed by atoms with Crippen LogP contribution in [-0.4, -0.2) is 41.1 Å². The minimum Gasteiger partial charge on any atom is -0.465 e. The number of methoxy groups -OCH3 is 2. The first-order chi connectivity index (χ1) is 16.4. The maximum atomic E-state index is 12.1. The summed E-state index contributed by atoms with van der Waals surface area (Å²) in [4.78, 5) is 37.1. The molecular formula is C24H22N6O4. The van der Waals surface area contributed by atoms with Gasteiger partial charge in [0.1, 0.15) is 12.0 Å². The largest absolute Gasteiger partial charge is 0.465 e. The first-order valence-electron chi connectivity index (χ1n) is 10.2. The van der Waals surface area contributed by atoms with Gasteiger partial charge in [0, 0.05) is 22.5 Å². The van der Waals surface area contributed by atoms with Crippen LogP contribution in [0.4, 0.5) is 28.7 Å². The standard InChI is InChI=1S/C24H22N6O4/c1-13-7-8-17-18(28-13)5-4-6-19(17)30-22-20(25)21(26-12-27-22)29-16-10-14(23(31)33-2)9-15(11-16)24(32)34-3/h4-12H,25H2,1-3H3,(H2,26,27,29,30). The fourth-order valence-electron chi connectivity index (χ4n) is 3.40. The molecule has 0 saturated carbocycles. The van der Waals surface area contributed by atoms with E-state index in [0.29, 0.717) is 11.5 Å². The number of rotatable bonds is 6. The van der Waals surface area contributed by atoms with E-state index >= 15 is 0 Å². The maximum Gasteiger partial charge on any atom is 0.337 e. The van der Waals surface area contributed by atoms with Gasteiger partial charge in [-0.25, -0.2) is 19.6 Å². The summed E-state index contributed by atoms with van der Waals surface area (Å²) in [6.45, 7) is 1.93. The molecular weight excluding hydrogens is 436 g/mol. The SMILES string of the molecule is COC(=O)c1cc(Nc2ncnc(Nc3cccc4nc(C)ccc34)c2N)cc(C(=O)OC)c1. The Labute approximate surface area is 195 Å². The number of anilines is 5. The number of nitrogens with one attached hydrogen (secondary N) is 2. The number of pyridine rings is 1. The van der Waals surface area contributed by atoms with Crippen LogP contribution < -0.4 is 16.4 Å². The van der Waals surface area contributed by atoms with E-state index in [-0.39, 0.29) is 22.6 Å². The number of benzene rings is 2. The van der Waals surface area contributed by atoms with E-state index in [4.69, 9.17) is 15.2 Å². The molecule has 10 nitrogen and oxygen atoms in total. The molecule has 172 valence electrons. The number of aryl methyl sites for hydroxylation is 1. The van der Waals surface area contributed by atoms with Crippen molar-refractivity contribution in [3.8, 4) is 0 Å². The predicted molar refractivity (Wildman–Crippen MR) is 129 cm³/mol. The van der Waals surface area contributed by atoms with Crippen molar-refractivity contribution in [3.05, 3.63) is 71.7 Å². The van der Waals surface area contributed by atoms with E-state index in [1.807, 2.05) is 37.3 Å². The molecule has 0 saturated heterocycles. The summed E-state index contributed by atoms with van der Waals surface area (Å²) in [7, 11) is 2.51. The topological polar surface area (TPSA) is 141 Å².